The maximum absolute atomic E-state index is 14.6. The van der Waals surface area contributed by atoms with Gasteiger partial charge in [-0.15, -0.1) is 0 Å². The van der Waals surface area contributed by atoms with Crippen molar-refractivity contribution < 1.29 is 4.57 Å². The standard InChI is InChI=1S/C27H26NOP/c1-22(23-14-6-2-7-15-23)27(24-16-8-3-9-17-24)28-30(29,25-18-10-4-11-19-25)26-20-12-5-13-21-26/h2-22,27H,1H3,(H,28,29). The highest BCUT2D eigenvalue weighted by atomic mass is 31.2. The maximum atomic E-state index is 14.6. The van der Waals surface area contributed by atoms with Crippen molar-refractivity contribution in [3.05, 3.63) is 132 Å². The molecule has 0 bridgehead atoms. The lowest BCUT2D eigenvalue weighted by Gasteiger charge is -2.31. The number of benzene rings is 4. The summed E-state index contributed by atoms with van der Waals surface area (Å²) in [6.45, 7) is 2.19. The summed E-state index contributed by atoms with van der Waals surface area (Å²) >= 11 is 0. The minimum absolute atomic E-state index is 0.111. The van der Waals surface area contributed by atoms with Crippen LogP contribution in [0.1, 0.15) is 30.0 Å². The Morgan fingerprint density at radius 2 is 0.933 bits per heavy atom. The van der Waals surface area contributed by atoms with Gasteiger partial charge in [0.1, 0.15) is 0 Å². The van der Waals surface area contributed by atoms with E-state index in [1.54, 1.807) is 0 Å². The zero-order chi connectivity index (χ0) is 20.8. The minimum Gasteiger partial charge on any atom is -0.297 e. The van der Waals surface area contributed by atoms with Gasteiger partial charge in [-0.25, -0.2) is 0 Å². The molecule has 150 valence electrons. The zero-order valence-corrected chi connectivity index (χ0v) is 18.0. The molecule has 0 saturated carbocycles. The first-order chi connectivity index (χ1) is 14.7. The van der Waals surface area contributed by atoms with Crippen LogP contribution in [0.25, 0.3) is 0 Å². The second-order valence-corrected chi connectivity index (χ2v) is 10.0. The third-order valence-corrected chi connectivity index (χ3v) is 8.24. The molecule has 0 saturated heterocycles. The van der Waals surface area contributed by atoms with E-state index in [0.29, 0.717) is 0 Å². The number of hydrogen-bond donors (Lipinski definition) is 1. The summed E-state index contributed by atoms with van der Waals surface area (Å²) < 4.78 is 14.6. The van der Waals surface area contributed by atoms with Gasteiger partial charge in [0.15, 0.2) is 0 Å². The van der Waals surface area contributed by atoms with Crippen LogP contribution in [0.5, 0.6) is 0 Å². The molecule has 30 heavy (non-hydrogen) atoms. The van der Waals surface area contributed by atoms with Crippen LogP contribution in [0.3, 0.4) is 0 Å². The van der Waals surface area contributed by atoms with Gasteiger partial charge in [-0.1, -0.05) is 104 Å². The first-order valence-corrected chi connectivity index (χ1v) is 12.0. The SMILES string of the molecule is CC(c1ccccc1)C(NP(=O)(c1ccccc1)c1ccccc1)c1ccccc1. The van der Waals surface area contributed by atoms with Crippen LogP contribution in [-0.4, -0.2) is 0 Å². The molecule has 4 aromatic rings. The van der Waals surface area contributed by atoms with Crippen molar-refractivity contribution in [3.8, 4) is 0 Å². The van der Waals surface area contributed by atoms with Gasteiger partial charge in [0.05, 0.1) is 0 Å². The van der Waals surface area contributed by atoms with E-state index in [4.69, 9.17) is 0 Å². The van der Waals surface area contributed by atoms with Crippen molar-refractivity contribution in [2.75, 3.05) is 0 Å². The summed E-state index contributed by atoms with van der Waals surface area (Å²) in [5, 5.41) is 5.27. The Kier molecular flexibility index (Phi) is 6.28. The van der Waals surface area contributed by atoms with E-state index in [1.807, 2.05) is 84.9 Å². The van der Waals surface area contributed by atoms with E-state index in [0.717, 1.165) is 16.2 Å². The topological polar surface area (TPSA) is 29.1 Å². The molecular weight excluding hydrogens is 385 g/mol. The molecule has 0 radical (unpaired) electrons. The van der Waals surface area contributed by atoms with Gasteiger partial charge in [-0.2, -0.15) is 0 Å². The van der Waals surface area contributed by atoms with Gasteiger partial charge in [-0.05, 0) is 35.4 Å². The molecule has 0 aliphatic rings. The molecule has 2 unspecified atom stereocenters. The molecule has 2 nitrogen and oxygen atoms in total. The molecule has 0 aliphatic carbocycles. The second kappa shape index (κ2) is 9.26. The van der Waals surface area contributed by atoms with Gasteiger partial charge in [0.2, 0.25) is 7.29 Å². The van der Waals surface area contributed by atoms with E-state index >= 15 is 0 Å². The fourth-order valence-electron chi connectivity index (χ4n) is 3.85. The molecular formula is C27H26NOP. The third kappa shape index (κ3) is 4.31. The van der Waals surface area contributed by atoms with E-state index in [2.05, 4.69) is 48.4 Å². The van der Waals surface area contributed by atoms with Crippen LogP contribution in [0.4, 0.5) is 0 Å². The highest BCUT2D eigenvalue weighted by Crippen LogP contribution is 2.45. The predicted molar refractivity (Wildman–Crippen MR) is 127 cm³/mol. The van der Waals surface area contributed by atoms with E-state index in [1.165, 1.54) is 5.56 Å². The summed E-state index contributed by atoms with van der Waals surface area (Å²) in [6, 6.07) is 40.1. The van der Waals surface area contributed by atoms with Crippen LogP contribution >= 0.6 is 7.29 Å². The Hall–Kier alpha value is -2.93. The van der Waals surface area contributed by atoms with Crippen molar-refractivity contribution in [2.45, 2.75) is 18.9 Å². The fourth-order valence-corrected chi connectivity index (χ4v) is 6.40. The van der Waals surface area contributed by atoms with Gasteiger partial charge >= 0.3 is 0 Å². The molecule has 0 aromatic heterocycles. The Balaban J connectivity index is 1.82. The Morgan fingerprint density at radius 1 is 0.567 bits per heavy atom. The monoisotopic (exact) mass is 411 g/mol. The average Bonchev–Trinajstić information content (AvgIpc) is 2.84. The molecule has 0 amide bonds. The zero-order valence-electron chi connectivity index (χ0n) is 17.1. The smallest absolute Gasteiger partial charge is 0.205 e. The first-order valence-electron chi connectivity index (χ1n) is 10.3. The lowest BCUT2D eigenvalue weighted by molar-refractivity contribution is 0.523. The molecule has 3 heteroatoms. The number of hydrogen-bond acceptors (Lipinski definition) is 1. The van der Waals surface area contributed by atoms with Crippen LogP contribution in [0.15, 0.2) is 121 Å². The Bertz CT molecular complexity index is 1060. The number of rotatable bonds is 7. The summed E-state index contributed by atoms with van der Waals surface area (Å²) in [4.78, 5) is 0. The number of nitrogens with one attached hydrogen (secondary N) is 1. The Morgan fingerprint density at radius 3 is 1.37 bits per heavy atom. The molecule has 0 spiro atoms. The van der Waals surface area contributed by atoms with Crippen LogP contribution in [0.2, 0.25) is 0 Å². The summed E-state index contributed by atoms with van der Waals surface area (Å²) in [5.41, 5.74) is 2.34. The molecule has 0 aliphatic heterocycles. The summed E-state index contributed by atoms with van der Waals surface area (Å²) in [6.07, 6.45) is 0. The van der Waals surface area contributed by atoms with Gasteiger partial charge in [0.25, 0.3) is 0 Å². The lowest BCUT2D eigenvalue weighted by atomic mass is 9.89. The maximum Gasteiger partial charge on any atom is 0.205 e. The van der Waals surface area contributed by atoms with Gasteiger partial charge in [0, 0.05) is 22.6 Å². The molecule has 0 heterocycles. The van der Waals surface area contributed by atoms with Crippen molar-refractivity contribution >= 4 is 17.9 Å². The lowest BCUT2D eigenvalue weighted by Crippen LogP contribution is -2.33. The van der Waals surface area contributed by atoms with Gasteiger partial charge < -0.3 is 0 Å². The third-order valence-electron chi connectivity index (χ3n) is 5.54. The second-order valence-electron chi connectivity index (χ2n) is 7.50. The Labute approximate surface area is 179 Å². The van der Waals surface area contributed by atoms with Crippen molar-refractivity contribution in [1.82, 2.24) is 5.09 Å². The normalized spacial score (nSPS) is 13.5. The predicted octanol–water partition coefficient (Wildman–Crippen LogP) is 6.05. The van der Waals surface area contributed by atoms with Crippen LogP contribution in [-0.2, 0) is 4.57 Å². The highest BCUT2D eigenvalue weighted by Gasteiger charge is 2.33. The fraction of sp³-hybridized carbons (Fsp3) is 0.111. The van der Waals surface area contributed by atoms with Crippen molar-refractivity contribution in [2.24, 2.45) is 0 Å². The van der Waals surface area contributed by atoms with Crippen LogP contribution in [0, 0.1) is 0 Å². The van der Waals surface area contributed by atoms with Crippen molar-refractivity contribution in [1.29, 1.82) is 0 Å². The largest absolute Gasteiger partial charge is 0.297 e. The quantitative estimate of drug-likeness (QED) is 0.375. The van der Waals surface area contributed by atoms with E-state index in [-0.39, 0.29) is 12.0 Å². The minimum atomic E-state index is -3.07. The average molecular weight is 411 g/mol. The molecule has 0 fully saturated rings. The summed E-state index contributed by atoms with van der Waals surface area (Å²) in [5.74, 6) is 0.134. The van der Waals surface area contributed by atoms with Crippen LogP contribution < -0.4 is 15.7 Å². The molecule has 2 atom stereocenters. The van der Waals surface area contributed by atoms with E-state index in [9.17, 15) is 4.57 Å². The first kappa shape index (κ1) is 20.3. The van der Waals surface area contributed by atoms with Gasteiger partial charge in [-0.3, -0.25) is 9.65 Å². The molecule has 1 N–H and O–H groups in total. The highest BCUT2D eigenvalue weighted by molar-refractivity contribution is 7.76. The van der Waals surface area contributed by atoms with Crippen molar-refractivity contribution in [3.63, 3.8) is 0 Å². The molecule has 4 rings (SSSR count). The summed E-state index contributed by atoms with van der Waals surface area (Å²) in [7, 11) is -3.07. The van der Waals surface area contributed by atoms with E-state index < -0.39 is 7.29 Å². The molecule has 4 aromatic carbocycles.